The maximum absolute atomic E-state index is 5.96. The van der Waals surface area contributed by atoms with Crippen molar-refractivity contribution in [1.82, 2.24) is 10.2 Å². The molecular formula is C17H27ClN2. The lowest BCUT2D eigenvalue weighted by atomic mass is 9.99. The van der Waals surface area contributed by atoms with E-state index in [0.717, 1.165) is 18.1 Å². The molecule has 1 unspecified atom stereocenters. The molecule has 0 saturated carbocycles. The molecule has 3 heteroatoms. The molecule has 1 aliphatic heterocycles. The minimum absolute atomic E-state index is 0.198. The van der Waals surface area contributed by atoms with Gasteiger partial charge in [0.05, 0.1) is 0 Å². The average molecular weight is 295 g/mol. The smallest absolute Gasteiger partial charge is 0.0406 e. The fraction of sp³-hybridized carbons (Fsp3) is 0.647. The van der Waals surface area contributed by atoms with Gasteiger partial charge in [-0.1, -0.05) is 30.2 Å². The first-order valence-corrected chi connectivity index (χ1v) is 8.05. The van der Waals surface area contributed by atoms with E-state index >= 15 is 0 Å². The maximum atomic E-state index is 5.96. The van der Waals surface area contributed by atoms with Gasteiger partial charge in [-0.2, -0.15) is 0 Å². The summed E-state index contributed by atoms with van der Waals surface area (Å²) in [6.07, 6.45) is 3.98. The third-order valence-corrected chi connectivity index (χ3v) is 4.17. The Morgan fingerprint density at radius 1 is 1.20 bits per heavy atom. The average Bonchev–Trinajstić information content (AvgIpc) is 2.39. The normalized spacial score (nSPS) is 21.1. The summed E-state index contributed by atoms with van der Waals surface area (Å²) in [5, 5.41) is 4.47. The van der Waals surface area contributed by atoms with Crippen molar-refractivity contribution in [3.05, 3.63) is 34.9 Å². The summed E-state index contributed by atoms with van der Waals surface area (Å²) >= 11 is 5.96. The predicted molar refractivity (Wildman–Crippen MR) is 87.3 cm³/mol. The first kappa shape index (κ1) is 15.8. The van der Waals surface area contributed by atoms with Crippen LogP contribution in [0.1, 0.15) is 45.6 Å². The highest BCUT2D eigenvalue weighted by atomic mass is 35.5. The van der Waals surface area contributed by atoms with Crippen molar-refractivity contribution in [3.8, 4) is 0 Å². The lowest BCUT2D eigenvalue weighted by molar-refractivity contribution is 0.131. The number of nitrogens with zero attached hydrogens (tertiary/aromatic N) is 1. The van der Waals surface area contributed by atoms with Gasteiger partial charge in [0.1, 0.15) is 0 Å². The highest BCUT2D eigenvalue weighted by Gasteiger charge is 2.23. The molecule has 1 heterocycles. The van der Waals surface area contributed by atoms with Crippen LogP contribution < -0.4 is 5.32 Å². The predicted octanol–water partition coefficient (Wildman–Crippen LogP) is 4.08. The Hall–Kier alpha value is -0.570. The minimum atomic E-state index is 0.198. The van der Waals surface area contributed by atoms with Gasteiger partial charge in [-0.3, -0.25) is 4.90 Å². The number of halogens is 1. The molecule has 1 saturated heterocycles. The second-order valence-corrected chi connectivity index (χ2v) is 7.31. The van der Waals surface area contributed by atoms with Crippen molar-refractivity contribution in [2.45, 2.75) is 58.2 Å². The van der Waals surface area contributed by atoms with E-state index in [2.05, 4.69) is 43.1 Å². The third kappa shape index (κ3) is 5.08. The van der Waals surface area contributed by atoms with E-state index in [0.29, 0.717) is 6.04 Å². The van der Waals surface area contributed by atoms with E-state index in [1.165, 1.54) is 31.4 Å². The summed E-state index contributed by atoms with van der Waals surface area (Å²) in [4.78, 5) is 2.62. The van der Waals surface area contributed by atoms with Gasteiger partial charge in [0.15, 0.2) is 0 Å². The Labute approximate surface area is 128 Å². The standard InChI is InChI=1S/C17H27ClN2/c1-17(2,3)19-12-16-6-4-5-11-20(16)13-14-7-9-15(18)10-8-14/h7-10,16,19H,4-6,11-13H2,1-3H3. The van der Waals surface area contributed by atoms with Crippen molar-refractivity contribution < 1.29 is 0 Å². The molecule has 2 rings (SSSR count). The summed E-state index contributed by atoms with van der Waals surface area (Å²) in [6, 6.07) is 8.92. The van der Waals surface area contributed by atoms with Crippen LogP contribution in [0.4, 0.5) is 0 Å². The first-order chi connectivity index (χ1) is 9.44. The highest BCUT2D eigenvalue weighted by Crippen LogP contribution is 2.20. The van der Waals surface area contributed by atoms with Crippen LogP contribution in [-0.4, -0.2) is 29.6 Å². The Kier molecular flexibility index (Phi) is 5.48. The number of benzene rings is 1. The maximum Gasteiger partial charge on any atom is 0.0406 e. The molecule has 0 amide bonds. The monoisotopic (exact) mass is 294 g/mol. The minimum Gasteiger partial charge on any atom is -0.311 e. The zero-order valence-electron chi connectivity index (χ0n) is 13.0. The zero-order chi connectivity index (χ0) is 14.6. The van der Waals surface area contributed by atoms with E-state index in [4.69, 9.17) is 11.6 Å². The first-order valence-electron chi connectivity index (χ1n) is 7.67. The second kappa shape index (κ2) is 6.93. The van der Waals surface area contributed by atoms with E-state index < -0.39 is 0 Å². The molecule has 0 aromatic heterocycles. The molecular weight excluding hydrogens is 268 g/mol. The van der Waals surface area contributed by atoms with Gasteiger partial charge >= 0.3 is 0 Å². The molecule has 1 atom stereocenters. The van der Waals surface area contributed by atoms with Crippen LogP contribution in [0.2, 0.25) is 5.02 Å². The molecule has 0 radical (unpaired) electrons. The van der Waals surface area contributed by atoms with Crippen molar-refractivity contribution in [2.75, 3.05) is 13.1 Å². The summed E-state index contributed by atoms with van der Waals surface area (Å²) in [5.41, 5.74) is 1.56. The van der Waals surface area contributed by atoms with Gasteiger partial charge in [-0.05, 0) is 57.9 Å². The Bertz CT molecular complexity index is 408. The number of hydrogen-bond donors (Lipinski definition) is 1. The molecule has 1 aliphatic rings. The van der Waals surface area contributed by atoms with Gasteiger partial charge in [-0.15, -0.1) is 0 Å². The van der Waals surface area contributed by atoms with Gasteiger partial charge < -0.3 is 5.32 Å². The van der Waals surface area contributed by atoms with Crippen LogP contribution in [0.5, 0.6) is 0 Å². The summed E-state index contributed by atoms with van der Waals surface area (Å²) in [5.74, 6) is 0. The number of rotatable bonds is 4. The van der Waals surface area contributed by atoms with Crippen LogP contribution in [0.3, 0.4) is 0 Å². The number of hydrogen-bond acceptors (Lipinski definition) is 2. The summed E-state index contributed by atoms with van der Waals surface area (Å²) in [7, 11) is 0. The number of likely N-dealkylation sites (tertiary alicyclic amines) is 1. The van der Waals surface area contributed by atoms with Gasteiger partial charge in [0.2, 0.25) is 0 Å². The van der Waals surface area contributed by atoms with Crippen molar-refractivity contribution in [1.29, 1.82) is 0 Å². The van der Waals surface area contributed by atoms with E-state index in [1.807, 2.05) is 12.1 Å². The molecule has 1 N–H and O–H groups in total. The fourth-order valence-corrected chi connectivity index (χ4v) is 2.87. The van der Waals surface area contributed by atoms with Gasteiger partial charge in [0, 0.05) is 29.7 Å². The summed E-state index contributed by atoms with van der Waals surface area (Å²) in [6.45, 7) is 10.0. The second-order valence-electron chi connectivity index (χ2n) is 6.88. The molecule has 1 aromatic carbocycles. The van der Waals surface area contributed by atoms with Crippen LogP contribution in [0.15, 0.2) is 24.3 Å². The van der Waals surface area contributed by atoms with Crippen LogP contribution in [0, 0.1) is 0 Å². The highest BCUT2D eigenvalue weighted by molar-refractivity contribution is 6.30. The SMILES string of the molecule is CC(C)(C)NCC1CCCCN1Cc1ccc(Cl)cc1. The van der Waals surface area contributed by atoms with Crippen LogP contribution >= 0.6 is 11.6 Å². The van der Waals surface area contributed by atoms with Crippen molar-refractivity contribution in [3.63, 3.8) is 0 Å². The Balaban J connectivity index is 1.94. The molecule has 20 heavy (non-hydrogen) atoms. The quantitative estimate of drug-likeness (QED) is 0.900. The third-order valence-electron chi connectivity index (χ3n) is 3.92. The van der Waals surface area contributed by atoms with E-state index in [9.17, 15) is 0 Å². The van der Waals surface area contributed by atoms with Gasteiger partial charge in [-0.25, -0.2) is 0 Å². The lowest BCUT2D eigenvalue weighted by Gasteiger charge is -2.37. The molecule has 0 spiro atoms. The molecule has 0 bridgehead atoms. The molecule has 2 nitrogen and oxygen atoms in total. The lowest BCUT2D eigenvalue weighted by Crippen LogP contribution is -2.49. The molecule has 1 fully saturated rings. The molecule has 0 aliphatic carbocycles. The van der Waals surface area contributed by atoms with Gasteiger partial charge in [0.25, 0.3) is 0 Å². The van der Waals surface area contributed by atoms with Crippen molar-refractivity contribution >= 4 is 11.6 Å². The largest absolute Gasteiger partial charge is 0.311 e. The van der Waals surface area contributed by atoms with E-state index in [-0.39, 0.29) is 5.54 Å². The fourth-order valence-electron chi connectivity index (χ4n) is 2.75. The van der Waals surface area contributed by atoms with E-state index in [1.54, 1.807) is 0 Å². The summed E-state index contributed by atoms with van der Waals surface area (Å²) < 4.78 is 0. The zero-order valence-corrected chi connectivity index (χ0v) is 13.7. The Morgan fingerprint density at radius 3 is 2.55 bits per heavy atom. The molecule has 112 valence electrons. The number of nitrogens with one attached hydrogen (secondary N) is 1. The van der Waals surface area contributed by atoms with Crippen LogP contribution in [-0.2, 0) is 6.54 Å². The molecule has 1 aromatic rings. The topological polar surface area (TPSA) is 15.3 Å². The number of piperidine rings is 1. The Morgan fingerprint density at radius 2 is 1.90 bits per heavy atom. The van der Waals surface area contributed by atoms with Crippen LogP contribution in [0.25, 0.3) is 0 Å². The van der Waals surface area contributed by atoms with Crippen molar-refractivity contribution in [2.24, 2.45) is 0 Å².